The second-order valence-corrected chi connectivity index (χ2v) is 5.57. The number of hydrogen-bond acceptors (Lipinski definition) is 2. The number of carbonyl (C=O) groups excluding carboxylic acids is 1. The predicted octanol–water partition coefficient (Wildman–Crippen LogP) is 4.74. The quantitative estimate of drug-likeness (QED) is 0.834. The van der Waals surface area contributed by atoms with Crippen LogP contribution in [0.3, 0.4) is 0 Å². The van der Waals surface area contributed by atoms with Crippen molar-refractivity contribution >= 4 is 40.5 Å². The molecule has 0 radical (unpaired) electrons. The number of hydrogen-bond donors (Lipinski definition) is 2. The summed E-state index contributed by atoms with van der Waals surface area (Å²) in [7, 11) is 0. The highest BCUT2D eigenvalue weighted by atomic mass is 35.5. The van der Waals surface area contributed by atoms with E-state index in [0.29, 0.717) is 23.0 Å². The lowest BCUT2D eigenvalue weighted by Crippen LogP contribution is -2.16. The molecule has 0 spiro atoms. The molecule has 21 heavy (non-hydrogen) atoms. The van der Waals surface area contributed by atoms with Gasteiger partial charge in [0.25, 0.3) is 0 Å². The van der Waals surface area contributed by atoms with Crippen LogP contribution >= 0.6 is 23.2 Å². The average Bonchev–Trinajstić information content (AvgIpc) is 2.42. The molecule has 0 aliphatic rings. The summed E-state index contributed by atoms with van der Waals surface area (Å²) in [4.78, 5) is 11.9. The largest absolute Gasteiger partial charge is 0.384 e. The van der Waals surface area contributed by atoms with Crippen molar-refractivity contribution in [2.75, 3.05) is 17.2 Å². The van der Waals surface area contributed by atoms with Crippen molar-refractivity contribution in [1.29, 1.82) is 0 Å². The Labute approximate surface area is 134 Å². The van der Waals surface area contributed by atoms with Crippen LogP contribution in [0.15, 0.2) is 42.5 Å². The van der Waals surface area contributed by atoms with E-state index in [0.717, 1.165) is 16.9 Å². The first-order valence-corrected chi connectivity index (χ1v) is 7.35. The van der Waals surface area contributed by atoms with Crippen molar-refractivity contribution in [3.8, 4) is 0 Å². The summed E-state index contributed by atoms with van der Waals surface area (Å²) in [6.45, 7) is 2.45. The molecular formula is C16H16Cl2N2O. The minimum atomic E-state index is -0.0463. The van der Waals surface area contributed by atoms with Crippen LogP contribution in [0.25, 0.3) is 0 Å². The van der Waals surface area contributed by atoms with Crippen LogP contribution in [0.5, 0.6) is 0 Å². The van der Waals surface area contributed by atoms with Crippen molar-refractivity contribution in [2.45, 2.75) is 13.3 Å². The lowest BCUT2D eigenvalue weighted by molar-refractivity contribution is -0.115. The number of halogens is 2. The molecule has 0 atom stereocenters. The van der Waals surface area contributed by atoms with Gasteiger partial charge in [0.15, 0.2) is 0 Å². The molecule has 2 aromatic rings. The first kappa shape index (κ1) is 15.7. The fraction of sp³-hybridized carbons (Fsp3) is 0.188. The maximum atomic E-state index is 11.9. The Morgan fingerprint density at radius 3 is 2.57 bits per heavy atom. The Morgan fingerprint density at radius 2 is 1.86 bits per heavy atom. The van der Waals surface area contributed by atoms with E-state index in [9.17, 15) is 4.79 Å². The summed E-state index contributed by atoms with van der Waals surface area (Å²) < 4.78 is 0. The molecule has 110 valence electrons. The second-order valence-electron chi connectivity index (χ2n) is 4.69. The number of nitrogens with one attached hydrogen (secondary N) is 2. The summed E-state index contributed by atoms with van der Waals surface area (Å²) in [5.74, 6) is -0.0463. The van der Waals surface area contributed by atoms with Crippen molar-refractivity contribution in [1.82, 2.24) is 0 Å². The van der Waals surface area contributed by atoms with Gasteiger partial charge in [-0.3, -0.25) is 4.79 Å². The second kappa shape index (κ2) is 7.34. The highest BCUT2D eigenvalue weighted by Crippen LogP contribution is 2.19. The van der Waals surface area contributed by atoms with E-state index < -0.39 is 0 Å². The van der Waals surface area contributed by atoms with Gasteiger partial charge in [0, 0.05) is 34.4 Å². The highest BCUT2D eigenvalue weighted by molar-refractivity contribution is 6.31. The zero-order valence-corrected chi connectivity index (χ0v) is 13.1. The first-order valence-electron chi connectivity index (χ1n) is 6.60. The van der Waals surface area contributed by atoms with E-state index in [1.54, 1.807) is 12.1 Å². The molecule has 0 saturated carbocycles. The first-order chi connectivity index (χ1) is 10.0. The van der Waals surface area contributed by atoms with Gasteiger partial charge in [-0.1, -0.05) is 29.3 Å². The molecule has 0 bridgehead atoms. The van der Waals surface area contributed by atoms with E-state index in [-0.39, 0.29) is 5.91 Å². The molecule has 0 aromatic heterocycles. The summed E-state index contributed by atoms with van der Waals surface area (Å²) in [6, 6.07) is 12.8. The third-order valence-corrected chi connectivity index (χ3v) is 3.44. The molecule has 0 aliphatic carbocycles. The molecule has 2 N–H and O–H groups in total. The van der Waals surface area contributed by atoms with E-state index in [2.05, 4.69) is 10.6 Å². The normalized spacial score (nSPS) is 10.2. The van der Waals surface area contributed by atoms with Crippen LogP contribution < -0.4 is 10.6 Å². The Hall–Kier alpha value is -1.71. The van der Waals surface area contributed by atoms with Crippen LogP contribution in [0.4, 0.5) is 11.4 Å². The molecule has 0 fully saturated rings. The smallest absolute Gasteiger partial charge is 0.226 e. The van der Waals surface area contributed by atoms with Crippen LogP contribution in [0.2, 0.25) is 10.0 Å². The molecule has 1 amide bonds. The number of amides is 1. The van der Waals surface area contributed by atoms with Gasteiger partial charge in [-0.2, -0.15) is 0 Å². The van der Waals surface area contributed by atoms with E-state index in [4.69, 9.17) is 23.2 Å². The molecule has 0 unspecified atom stereocenters. The number of benzene rings is 2. The van der Waals surface area contributed by atoms with Crippen LogP contribution in [0.1, 0.15) is 12.0 Å². The van der Waals surface area contributed by atoms with E-state index in [1.807, 2.05) is 37.3 Å². The lowest BCUT2D eigenvalue weighted by Gasteiger charge is -2.10. The third-order valence-electron chi connectivity index (χ3n) is 2.97. The molecule has 5 heteroatoms. The fourth-order valence-corrected chi connectivity index (χ4v) is 2.32. The molecule has 0 heterocycles. The molecule has 0 aliphatic heterocycles. The summed E-state index contributed by atoms with van der Waals surface area (Å²) in [5.41, 5.74) is 2.63. The fourth-order valence-electron chi connectivity index (χ4n) is 1.90. The Balaban J connectivity index is 1.82. The molecule has 2 rings (SSSR count). The Morgan fingerprint density at radius 1 is 1.10 bits per heavy atom. The average molecular weight is 323 g/mol. The standard InChI is InChI=1S/C16H16Cl2N2O/c1-11-9-13(18)5-6-15(11)20-16(21)7-8-19-14-4-2-3-12(17)10-14/h2-6,9-10,19H,7-8H2,1H3,(H,20,21). The van der Waals surface area contributed by atoms with Gasteiger partial charge in [0.2, 0.25) is 5.91 Å². The van der Waals surface area contributed by atoms with E-state index >= 15 is 0 Å². The zero-order chi connectivity index (χ0) is 15.2. The maximum absolute atomic E-state index is 11.9. The number of anilines is 2. The topological polar surface area (TPSA) is 41.1 Å². The van der Waals surface area contributed by atoms with Gasteiger partial charge in [-0.05, 0) is 48.9 Å². The SMILES string of the molecule is Cc1cc(Cl)ccc1NC(=O)CCNc1cccc(Cl)c1. The van der Waals surface area contributed by atoms with Crippen LogP contribution in [0, 0.1) is 6.92 Å². The summed E-state index contributed by atoms with van der Waals surface area (Å²) in [6.07, 6.45) is 0.370. The predicted molar refractivity (Wildman–Crippen MR) is 89.4 cm³/mol. The van der Waals surface area contributed by atoms with Gasteiger partial charge in [-0.25, -0.2) is 0 Å². The summed E-state index contributed by atoms with van der Waals surface area (Å²) >= 11 is 11.8. The molecule has 2 aromatic carbocycles. The van der Waals surface area contributed by atoms with Gasteiger partial charge >= 0.3 is 0 Å². The van der Waals surface area contributed by atoms with Gasteiger partial charge in [0.05, 0.1) is 0 Å². The van der Waals surface area contributed by atoms with Gasteiger partial charge in [0.1, 0.15) is 0 Å². The monoisotopic (exact) mass is 322 g/mol. The van der Waals surface area contributed by atoms with Gasteiger partial charge < -0.3 is 10.6 Å². The number of rotatable bonds is 5. The lowest BCUT2D eigenvalue weighted by atomic mass is 10.2. The maximum Gasteiger partial charge on any atom is 0.226 e. The molecular weight excluding hydrogens is 307 g/mol. The Bertz CT molecular complexity index is 644. The minimum Gasteiger partial charge on any atom is -0.384 e. The summed E-state index contributed by atoms with van der Waals surface area (Å²) in [5, 5.41) is 7.36. The van der Waals surface area contributed by atoms with Crippen molar-refractivity contribution in [2.24, 2.45) is 0 Å². The van der Waals surface area contributed by atoms with Crippen molar-refractivity contribution in [3.63, 3.8) is 0 Å². The van der Waals surface area contributed by atoms with Crippen molar-refractivity contribution < 1.29 is 4.79 Å². The van der Waals surface area contributed by atoms with E-state index in [1.165, 1.54) is 0 Å². The highest BCUT2D eigenvalue weighted by Gasteiger charge is 2.05. The van der Waals surface area contributed by atoms with Crippen LogP contribution in [-0.2, 0) is 4.79 Å². The number of aryl methyl sites for hydroxylation is 1. The number of carbonyl (C=O) groups is 1. The van der Waals surface area contributed by atoms with Crippen LogP contribution in [-0.4, -0.2) is 12.5 Å². The zero-order valence-electron chi connectivity index (χ0n) is 11.6. The minimum absolute atomic E-state index is 0.0463. The van der Waals surface area contributed by atoms with Gasteiger partial charge in [-0.15, -0.1) is 0 Å². The van der Waals surface area contributed by atoms with Crippen molar-refractivity contribution in [3.05, 3.63) is 58.1 Å². The Kier molecular flexibility index (Phi) is 5.48. The molecule has 3 nitrogen and oxygen atoms in total. The molecule has 0 saturated heterocycles. The third kappa shape index (κ3) is 4.96.